The number of carbonyl (C=O) groups excluding carboxylic acids is 1. The number of fused-ring (bicyclic) bond motifs is 1. The maximum atomic E-state index is 13.0. The second-order valence-corrected chi connectivity index (χ2v) is 8.79. The van der Waals surface area contributed by atoms with Gasteiger partial charge in [-0.15, -0.1) is 0 Å². The number of para-hydroxylation sites is 1. The number of piperazine rings is 1. The highest BCUT2D eigenvalue weighted by Gasteiger charge is 2.26. The first-order valence-corrected chi connectivity index (χ1v) is 11.6. The van der Waals surface area contributed by atoms with Gasteiger partial charge in [0.25, 0.3) is 5.56 Å². The first-order chi connectivity index (χ1) is 16.1. The highest BCUT2D eigenvalue weighted by atomic mass is 16.2. The Labute approximate surface area is 193 Å². The Hall–Kier alpha value is -3.61. The molecular weight excluding hydrogens is 414 g/mol. The number of hydrogen-bond donors (Lipinski definition) is 1. The Morgan fingerprint density at radius 3 is 2.48 bits per heavy atom. The molecule has 1 aliphatic carbocycles. The van der Waals surface area contributed by atoms with Gasteiger partial charge in [0.2, 0.25) is 11.9 Å². The van der Waals surface area contributed by atoms with Crippen molar-refractivity contribution in [1.82, 2.24) is 14.9 Å². The molecule has 3 aromatic rings. The van der Waals surface area contributed by atoms with Crippen molar-refractivity contribution < 1.29 is 4.79 Å². The van der Waals surface area contributed by atoms with Gasteiger partial charge in [0.1, 0.15) is 6.54 Å². The van der Waals surface area contributed by atoms with E-state index in [1.54, 1.807) is 0 Å². The van der Waals surface area contributed by atoms with Crippen LogP contribution in [0.5, 0.6) is 0 Å². The van der Waals surface area contributed by atoms with Crippen molar-refractivity contribution in [2.45, 2.75) is 32.4 Å². The average Bonchev–Trinajstić information content (AvgIpc) is 3.24. The molecule has 0 radical (unpaired) electrons. The van der Waals surface area contributed by atoms with Crippen LogP contribution in [0, 0.1) is 6.92 Å². The minimum Gasteiger partial charge on any atom is -0.368 e. The van der Waals surface area contributed by atoms with Gasteiger partial charge in [-0.05, 0) is 43.0 Å². The third kappa shape index (κ3) is 4.49. The van der Waals surface area contributed by atoms with E-state index in [4.69, 9.17) is 0 Å². The van der Waals surface area contributed by atoms with Crippen molar-refractivity contribution in [3.05, 3.63) is 87.8 Å². The lowest BCUT2D eigenvalue weighted by molar-refractivity contribution is -0.122. The highest BCUT2D eigenvalue weighted by molar-refractivity contribution is 5.77. The van der Waals surface area contributed by atoms with Crippen molar-refractivity contribution >= 4 is 17.5 Å². The molecule has 0 bridgehead atoms. The number of hydrogen-bond acceptors (Lipinski definition) is 5. The van der Waals surface area contributed by atoms with Crippen LogP contribution in [0.4, 0.5) is 11.6 Å². The molecule has 7 heteroatoms. The predicted molar refractivity (Wildman–Crippen MR) is 130 cm³/mol. The molecule has 33 heavy (non-hydrogen) atoms. The largest absolute Gasteiger partial charge is 0.368 e. The Morgan fingerprint density at radius 1 is 1.00 bits per heavy atom. The third-order valence-electron chi connectivity index (χ3n) is 6.57. The molecular formula is C26H29N5O2. The number of carbonyl (C=O) groups is 1. The lowest BCUT2D eigenvalue weighted by Gasteiger charge is -2.37. The molecule has 0 saturated carbocycles. The van der Waals surface area contributed by atoms with Crippen molar-refractivity contribution in [2.75, 3.05) is 36.0 Å². The zero-order chi connectivity index (χ0) is 22.8. The van der Waals surface area contributed by atoms with Crippen molar-refractivity contribution in [1.29, 1.82) is 0 Å². The topological polar surface area (TPSA) is 70.5 Å². The minimum atomic E-state index is -0.190. The molecule has 1 N–H and O–H groups in total. The normalized spacial score (nSPS) is 17.7. The molecule has 1 unspecified atom stereocenters. The summed E-state index contributed by atoms with van der Waals surface area (Å²) in [5, 5.41) is 3.13. The van der Waals surface area contributed by atoms with E-state index in [9.17, 15) is 9.59 Å². The van der Waals surface area contributed by atoms with Crippen LogP contribution in [0.2, 0.25) is 0 Å². The number of aromatic nitrogens is 2. The van der Waals surface area contributed by atoms with Crippen LogP contribution in [0.15, 0.2) is 65.5 Å². The molecule has 2 heterocycles. The number of nitrogens with zero attached hydrogens (tertiary/aromatic N) is 4. The first kappa shape index (κ1) is 21.2. The van der Waals surface area contributed by atoms with E-state index in [1.165, 1.54) is 27.4 Å². The van der Waals surface area contributed by atoms with Gasteiger partial charge in [0.05, 0.1) is 6.04 Å². The molecule has 2 aliphatic rings. The summed E-state index contributed by atoms with van der Waals surface area (Å²) in [6.45, 7) is 4.94. The summed E-state index contributed by atoms with van der Waals surface area (Å²) in [4.78, 5) is 34.9. The fourth-order valence-corrected chi connectivity index (χ4v) is 4.89. The van der Waals surface area contributed by atoms with Crippen molar-refractivity contribution in [3.8, 4) is 0 Å². The van der Waals surface area contributed by atoms with E-state index < -0.39 is 0 Å². The summed E-state index contributed by atoms with van der Waals surface area (Å²) in [5.41, 5.74) is 4.14. The summed E-state index contributed by atoms with van der Waals surface area (Å²) >= 11 is 0. The van der Waals surface area contributed by atoms with Gasteiger partial charge in [-0.2, -0.15) is 0 Å². The fourth-order valence-electron chi connectivity index (χ4n) is 4.89. The fraction of sp³-hybridized carbons (Fsp3) is 0.346. The Bertz CT molecular complexity index is 1200. The smallest absolute Gasteiger partial charge is 0.255 e. The summed E-state index contributed by atoms with van der Waals surface area (Å²) in [5.74, 6) is 0.420. The number of nitrogens with one attached hydrogen (secondary N) is 1. The minimum absolute atomic E-state index is 0.000627. The maximum absolute atomic E-state index is 13.0. The molecule has 1 fully saturated rings. The number of benzene rings is 2. The second kappa shape index (κ2) is 9.10. The van der Waals surface area contributed by atoms with E-state index in [2.05, 4.69) is 44.4 Å². The molecule has 1 aliphatic heterocycles. The van der Waals surface area contributed by atoms with Crippen LogP contribution >= 0.6 is 0 Å². The first-order valence-electron chi connectivity index (χ1n) is 11.6. The van der Waals surface area contributed by atoms with E-state index in [0.29, 0.717) is 11.6 Å². The third-order valence-corrected chi connectivity index (χ3v) is 6.57. The van der Waals surface area contributed by atoms with Gasteiger partial charge in [-0.1, -0.05) is 42.5 Å². The second-order valence-electron chi connectivity index (χ2n) is 8.79. The van der Waals surface area contributed by atoms with Gasteiger partial charge in [-0.3, -0.25) is 14.2 Å². The van der Waals surface area contributed by atoms with Crippen LogP contribution < -0.4 is 20.7 Å². The lowest BCUT2D eigenvalue weighted by Crippen LogP contribution is -2.49. The van der Waals surface area contributed by atoms with E-state index >= 15 is 0 Å². The van der Waals surface area contributed by atoms with Gasteiger partial charge < -0.3 is 15.1 Å². The Morgan fingerprint density at radius 2 is 1.70 bits per heavy atom. The molecule has 7 nitrogen and oxygen atoms in total. The quantitative estimate of drug-likeness (QED) is 0.657. The van der Waals surface area contributed by atoms with Gasteiger partial charge >= 0.3 is 0 Å². The summed E-state index contributed by atoms with van der Waals surface area (Å²) in [6.07, 6.45) is 1.85. The average molecular weight is 444 g/mol. The number of aryl methyl sites for hydroxylation is 2. The number of amides is 1. The number of anilines is 2. The van der Waals surface area contributed by atoms with Gasteiger partial charge in [0.15, 0.2) is 0 Å². The standard InChI is InChI=1S/C26H29N5O2/c1-19-17-25(33)31(18-24(32)28-23-12-11-20-7-5-6-10-22(20)23)26(27-19)30-15-13-29(14-16-30)21-8-3-2-4-9-21/h2-10,17,23H,11-16,18H2,1H3,(H,28,32). The van der Waals surface area contributed by atoms with Crippen LogP contribution in [0.25, 0.3) is 0 Å². The predicted octanol–water partition coefficient (Wildman–Crippen LogP) is 2.68. The van der Waals surface area contributed by atoms with E-state index in [1.807, 2.05) is 37.3 Å². The summed E-state index contributed by atoms with van der Waals surface area (Å²) in [7, 11) is 0. The van der Waals surface area contributed by atoms with Gasteiger partial charge in [0, 0.05) is 43.6 Å². The molecule has 1 saturated heterocycles. The molecule has 2 aromatic carbocycles. The Kier molecular flexibility index (Phi) is 5.86. The zero-order valence-electron chi connectivity index (χ0n) is 18.9. The molecule has 0 spiro atoms. The molecule has 1 amide bonds. The highest BCUT2D eigenvalue weighted by Crippen LogP contribution is 2.30. The lowest BCUT2D eigenvalue weighted by atomic mass is 10.1. The number of rotatable bonds is 5. The van der Waals surface area contributed by atoms with Crippen LogP contribution in [0.1, 0.15) is 29.3 Å². The zero-order valence-corrected chi connectivity index (χ0v) is 18.9. The maximum Gasteiger partial charge on any atom is 0.255 e. The van der Waals surface area contributed by atoms with Crippen molar-refractivity contribution in [2.24, 2.45) is 0 Å². The summed E-state index contributed by atoms with van der Waals surface area (Å²) in [6, 6.07) is 20.1. The van der Waals surface area contributed by atoms with Crippen molar-refractivity contribution in [3.63, 3.8) is 0 Å². The van der Waals surface area contributed by atoms with E-state index in [-0.39, 0.29) is 24.1 Å². The Balaban J connectivity index is 1.31. The van der Waals surface area contributed by atoms with Crippen LogP contribution in [-0.2, 0) is 17.8 Å². The monoisotopic (exact) mass is 443 g/mol. The SMILES string of the molecule is Cc1cc(=O)n(CC(=O)NC2CCc3ccccc32)c(N2CCN(c3ccccc3)CC2)n1. The van der Waals surface area contributed by atoms with Crippen LogP contribution in [0.3, 0.4) is 0 Å². The van der Waals surface area contributed by atoms with Crippen LogP contribution in [-0.4, -0.2) is 41.6 Å². The molecule has 5 rings (SSSR count). The molecule has 170 valence electrons. The van der Waals surface area contributed by atoms with Gasteiger partial charge in [-0.25, -0.2) is 4.98 Å². The summed E-state index contributed by atoms with van der Waals surface area (Å²) < 4.78 is 1.52. The molecule has 1 atom stereocenters. The van der Waals surface area contributed by atoms with E-state index in [0.717, 1.165) is 39.0 Å². The molecule has 1 aromatic heterocycles.